The van der Waals surface area contributed by atoms with E-state index < -0.39 is 0 Å². The minimum Gasteiger partial charge on any atom is -0.451 e. The third-order valence-corrected chi connectivity index (χ3v) is 2.86. The molecular formula is C12H14ClN3O. The van der Waals surface area contributed by atoms with Gasteiger partial charge in [-0.05, 0) is 32.0 Å². The second-order valence-corrected chi connectivity index (χ2v) is 4.34. The molecule has 17 heavy (non-hydrogen) atoms. The fourth-order valence-electron chi connectivity index (χ4n) is 1.62. The van der Waals surface area contributed by atoms with Gasteiger partial charge in [-0.15, -0.1) is 0 Å². The number of aryl methyl sites for hydroxylation is 2. The van der Waals surface area contributed by atoms with Gasteiger partial charge in [-0.25, -0.2) is 0 Å². The molecule has 0 saturated heterocycles. The topological polar surface area (TPSA) is 53.1 Å². The molecule has 0 unspecified atom stereocenters. The molecule has 0 saturated carbocycles. The Labute approximate surface area is 105 Å². The number of halogens is 1. The molecule has 4 nitrogen and oxygen atoms in total. The predicted octanol–water partition coefficient (Wildman–Crippen LogP) is 3.06. The summed E-state index contributed by atoms with van der Waals surface area (Å²) in [5.41, 5.74) is 8.14. The smallest absolute Gasteiger partial charge is 0.171 e. The second-order valence-electron chi connectivity index (χ2n) is 3.91. The Hall–Kier alpha value is -1.68. The van der Waals surface area contributed by atoms with Crippen LogP contribution in [-0.4, -0.2) is 9.78 Å². The number of ether oxygens (including phenoxy) is 1. The average molecular weight is 252 g/mol. The van der Waals surface area contributed by atoms with Crippen molar-refractivity contribution < 1.29 is 4.74 Å². The van der Waals surface area contributed by atoms with Crippen LogP contribution in [0.5, 0.6) is 11.5 Å². The fraction of sp³-hybridized carbons (Fsp3) is 0.250. The maximum absolute atomic E-state index is 5.84. The Kier molecular flexibility index (Phi) is 2.98. The first-order chi connectivity index (χ1) is 7.99. The van der Waals surface area contributed by atoms with Crippen LogP contribution in [0.25, 0.3) is 0 Å². The van der Waals surface area contributed by atoms with Crippen LogP contribution in [0.15, 0.2) is 18.2 Å². The van der Waals surface area contributed by atoms with Crippen molar-refractivity contribution in [3.05, 3.63) is 34.6 Å². The summed E-state index contributed by atoms with van der Waals surface area (Å²) < 4.78 is 7.55. The zero-order chi connectivity index (χ0) is 12.6. The maximum Gasteiger partial charge on any atom is 0.171 e. The number of hydrogen-bond acceptors (Lipinski definition) is 3. The Morgan fingerprint density at radius 3 is 2.59 bits per heavy atom. The van der Waals surface area contributed by atoms with Gasteiger partial charge in [-0.2, -0.15) is 5.10 Å². The summed E-state index contributed by atoms with van der Waals surface area (Å²) in [5, 5.41) is 4.87. The van der Waals surface area contributed by atoms with Crippen LogP contribution >= 0.6 is 11.6 Å². The first kappa shape index (κ1) is 11.8. The van der Waals surface area contributed by atoms with E-state index >= 15 is 0 Å². The highest BCUT2D eigenvalue weighted by Gasteiger charge is 2.13. The Balaban J connectivity index is 2.38. The highest BCUT2D eigenvalue weighted by Crippen LogP contribution is 2.32. The van der Waals surface area contributed by atoms with Crippen LogP contribution < -0.4 is 10.5 Å². The van der Waals surface area contributed by atoms with E-state index in [4.69, 9.17) is 22.1 Å². The molecule has 2 aromatic rings. The number of nitrogens with zero attached hydrogens (tertiary/aromatic N) is 2. The molecule has 0 atom stereocenters. The van der Waals surface area contributed by atoms with Crippen molar-refractivity contribution in [3.8, 4) is 11.5 Å². The highest BCUT2D eigenvalue weighted by molar-refractivity contribution is 6.30. The number of rotatable bonds is 2. The van der Waals surface area contributed by atoms with E-state index in [9.17, 15) is 0 Å². The molecule has 0 bridgehead atoms. The van der Waals surface area contributed by atoms with Crippen LogP contribution in [0.3, 0.4) is 0 Å². The van der Waals surface area contributed by atoms with Crippen LogP contribution in [-0.2, 0) is 7.05 Å². The lowest BCUT2D eigenvalue weighted by Gasteiger charge is -2.08. The number of hydrogen-bond donors (Lipinski definition) is 1. The van der Waals surface area contributed by atoms with Crippen LogP contribution in [0, 0.1) is 13.8 Å². The number of anilines is 1. The summed E-state index contributed by atoms with van der Waals surface area (Å²) >= 11 is 5.83. The number of aromatic nitrogens is 2. The number of nitrogens with two attached hydrogens (primary N) is 1. The van der Waals surface area contributed by atoms with Crippen molar-refractivity contribution in [1.29, 1.82) is 0 Å². The van der Waals surface area contributed by atoms with Gasteiger partial charge < -0.3 is 10.5 Å². The zero-order valence-corrected chi connectivity index (χ0v) is 10.7. The minimum atomic E-state index is 0.514. The van der Waals surface area contributed by atoms with E-state index in [2.05, 4.69) is 5.10 Å². The molecule has 2 N–H and O–H groups in total. The Morgan fingerprint density at radius 1 is 1.35 bits per heavy atom. The van der Waals surface area contributed by atoms with Crippen LogP contribution in [0.4, 0.5) is 5.69 Å². The van der Waals surface area contributed by atoms with Gasteiger partial charge in [-0.3, -0.25) is 4.68 Å². The molecule has 1 heterocycles. The summed E-state index contributed by atoms with van der Waals surface area (Å²) in [7, 11) is 1.88. The minimum absolute atomic E-state index is 0.514. The predicted molar refractivity (Wildman–Crippen MR) is 68.6 cm³/mol. The maximum atomic E-state index is 5.84. The van der Waals surface area contributed by atoms with Gasteiger partial charge in [0.15, 0.2) is 11.5 Å². The summed E-state index contributed by atoms with van der Waals surface area (Å²) in [6, 6.07) is 5.16. The molecule has 0 fully saturated rings. The molecule has 0 aliphatic rings. The standard InChI is InChI=1S/C12H14ClN3O/c1-7-12(8(2)16(3)15-7)17-11-5-4-9(13)6-10(11)14/h4-6H,14H2,1-3H3. The molecule has 0 spiro atoms. The van der Waals surface area contributed by atoms with E-state index in [-0.39, 0.29) is 0 Å². The third-order valence-electron chi connectivity index (χ3n) is 2.63. The van der Waals surface area contributed by atoms with E-state index in [0.717, 1.165) is 17.1 Å². The molecule has 1 aromatic heterocycles. The van der Waals surface area contributed by atoms with Crippen molar-refractivity contribution >= 4 is 17.3 Å². The zero-order valence-electron chi connectivity index (χ0n) is 9.99. The third kappa shape index (κ3) is 2.22. The van der Waals surface area contributed by atoms with Gasteiger partial charge >= 0.3 is 0 Å². The Morgan fingerprint density at radius 2 is 2.06 bits per heavy atom. The lowest BCUT2D eigenvalue weighted by Crippen LogP contribution is -1.95. The van der Waals surface area contributed by atoms with E-state index in [1.165, 1.54) is 0 Å². The first-order valence-corrected chi connectivity index (χ1v) is 5.60. The lowest BCUT2D eigenvalue weighted by atomic mass is 10.3. The van der Waals surface area contributed by atoms with Gasteiger partial charge in [0.05, 0.1) is 11.4 Å². The van der Waals surface area contributed by atoms with Crippen LogP contribution in [0.2, 0.25) is 5.02 Å². The number of nitrogen functional groups attached to an aromatic ring is 1. The highest BCUT2D eigenvalue weighted by atomic mass is 35.5. The molecule has 0 radical (unpaired) electrons. The lowest BCUT2D eigenvalue weighted by molar-refractivity contribution is 0.476. The van der Waals surface area contributed by atoms with Gasteiger partial charge in [0.25, 0.3) is 0 Å². The first-order valence-electron chi connectivity index (χ1n) is 5.22. The average Bonchev–Trinajstić information content (AvgIpc) is 2.48. The quantitative estimate of drug-likeness (QED) is 0.835. The molecule has 0 aliphatic heterocycles. The van der Waals surface area contributed by atoms with Gasteiger partial charge in [0.2, 0.25) is 0 Å². The van der Waals surface area contributed by atoms with Gasteiger partial charge in [-0.1, -0.05) is 11.6 Å². The summed E-state index contributed by atoms with van der Waals surface area (Å²) in [6.07, 6.45) is 0. The van der Waals surface area contributed by atoms with E-state index in [1.54, 1.807) is 22.9 Å². The summed E-state index contributed by atoms with van der Waals surface area (Å²) in [6.45, 7) is 3.84. The molecule has 2 rings (SSSR count). The fourth-order valence-corrected chi connectivity index (χ4v) is 1.80. The van der Waals surface area contributed by atoms with Crippen molar-refractivity contribution in [3.63, 3.8) is 0 Å². The Bertz CT molecular complexity index is 563. The second kappa shape index (κ2) is 4.30. The summed E-state index contributed by atoms with van der Waals surface area (Å²) in [5.74, 6) is 1.33. The molecule has 0 aliphatic carbocycles. The largest absolute Gasteiger partial charge is 0.451 e. The van der Waals surface area contributed by atoms with E-state index in [1.807, 2.05) is 20.9 Å². The monoisotopic (exact) mass is 251 g/mol. The van der Waals surface area contributed by atoms with Crippen LogP contribution in [0.1, 0.15) is 11.4 Å². The van der Waals surface area contributed by atoms with Gasteiger partial charge in [0, 0.05) is 12.1 Å². The number of benzene rings is 1. The molecule has 90 valence electrons. The SMILES string of the molecule is Cc1nn(C)c(C)c1Oc1ccc(Cl)cc1N. The normalized spacial score (nSPS) is 10.6. The van der Waals surface area contributed by atoms with Crippen molar-refractivity contribution in [1.82, 2.24) is 9.78 Å². The van der Waals surface area contributed by atoms with E-state index in [0.29, 0.717) is 16.5 Å². The van der Waals surface area contributed by atoms with Crippen molar-refractivity contribution in [2.75, 3.05) is 5.73 Å². The molecule has 1 aromatic carbocycles. The summed E-state index contributed by atoms with van der Waals surface area (Å²) in [4.78, 5) is 0. The van der Waals surface area contributed by atoms with Crippen molar-refractivity contribution in [2.24, 2.45) is 7.05 Å². The van der Waals surface area contributed by atoms with Crippen molar-refractivity contribution in [2.45, 2.75) is 13.8 Å². The molecular weight excluding hydrogens is 238 g/mol. The van der Waals surface area contributed by atoms with Gasteiger partial charge in [0.1, 0.15) is 5.69 Å². The molecule has 0 amide bonds. The molecule has 5 heteroatoms.